The third-order valence-electron chi connectivity index (χ3n) is 5.53. The molecule has 1 aromatic heterocycles. The normalized spacial score (nSPS) is 17.0. The number of hydrogen-bond acceptors (Lipinski definition) is 7. The second-order valence-electron chi connectivity index (χ2n) is 8.15. The number of amides is 1. The standard InChI is InChI=1S/C22H28FN5O5S/c1-15(2)21(22(29)25-30)28(34(31,32)19-10-8-18(33-3)9-11-19)13-12-27-14-20(24-26-27)16-4-6-17(23)7-5-16/h4,6-11,14-16,21,30H,5,12-13H2,1-3H3,(H,25,29)/t16?,21-/m1/s1. The van der Waals surface area contributed by atoms with Gasteiger partial charge in [-0.15, -0.1) is 5.10 Å². The van der Waals surface area contributed by atoms with E-state index in [4.69, 9.17) is 4.74 Å². The van der Waals surface area contributed by atoms with Gasteiger partial charge in [-0.05, 0) is 48.8 Å². The predicted molar refractivity (Wildman–Crippen MR) is 121 cm³/mol. The van der Waals surface area contributed by atoms with Crippen LogP contribution in [0.15, 0.2) is 59.4 Å². The molecule has 1 unspecified atom stereocenters. The number of ether oxygens (including phenoxy) is 1. The zero-order valence-corrected chi connectivity index (χ0v) is 19.9. The highest BCUT2D eigenvalue weighted by Crippen LogP contribution is 2.26. The summed E-state index contributed by atoms with van der Waals surface area (Å²) in [7, 11) is -2.66. The van der Waals surface area contributed by atoms with E-state index in [0.29, 0.717) is 17.9 Å². The van der Waals surface area contributed by atoms with Crippen molar-refractivity contribution in [3.8, 4) is 5.75 Å². The van der Waals surface area contributed by atoms with Gasteiger partial charge >= 0.3 is 0 Å². The van der Waals surface area contributed by atoms with Crippen LogP contribution >= 0.6 is 0 Å². The van der Waals surface area contributed by atoms with Crippen molar-refractivity contribution >= 4 is 15.9 Å². The second-order valence-corrected chi connectivity index (χ2v) is 10.0. The third-order valence-corrected chi connectivity index (χ3v) is 7.42. The SMILES string of the molecule is COc1ccc(S(=O)(=O)N(CCn2cc(C3C=CC(F)=CC3)nn2)[C@@H](C(=O)NO)C(C)C)cc1. The van der Waals surface area contributed by atoms with Crippen LogP contribution in [0.3, 0.4) is 0 Å². The molecule has 12 heteroatoms. The molecule has 0 fully saturated rings. The van der Waals surface area contributed by atoms with E-state index in [9.17, 15) is 22.8 Å². The number of benzene rings is 1. The molecule has 1 amide bonds. The molecule has 184 valence electrons. The quantitative estimate of drug-likeness (QED) is 0.384. The van der Waals surface area contributed by atoms with Crippen LogP contribution < -0.4 is 10.2 Å². The summed E-state index contributed by atoms with van der Waals surface area (Å²) in [4.78, 5) is 12.4. The number of nitrogens with one attached hydrogen (secondary N) is 1. The Bertz CT molecular complexity index is 1160. The van der Waals surface area contributed by atoms with Gasteiger partial charge in [0.1, 0.15) is 17.6 Å². The molecule has 1 aromatic carbocycles. The summed E-state index contributed by atoms with van der Waals surface area (Å²) in [5, 5.41) is 17.4. The van der Waals surface area contributed by atoms with E-state index in [2.05, 4.69) is 10.3 Å². The van der Waals surface area contributed by atoms with Gasteiger partial charge < -0.3 is 4.74 Å². The van der Waals surface area contributed by atoms with Crippen molar-refractivity contribution in [1.82, 2.24) is 24.8 Å². The minimum absolute atomic E-state index is 0.0230. The van der Waals surface area contributed by atoms with E-state index in [1.165, 1.54) is 48.2 Å². The van der Waals surface area contributed by atoms with Gasteiger partial charge in [-0.1, -0.05) is 25.1 Å². The Labute approximate surface area is 197 Å². The molecule has 0 bridgehead atoms. The molecular formula is C22H28FN5O5S. The number of hydrogen-bond donors (Lipinski definition) is 2. The summed E-state index contributed by atoms with van der Waals surface area (Å²) >= 11 is 0. The molecule has 1 heterocycles. The predicted octanol–water partition coefficient (Wildman–Crippen LogP) is 2.40. The number of allylic oxidation sites excluding steroid dienone is 4. The fourth-order valence-electron chi connectivity index (χ4n) is 3.73. The number of carbonyl (C=O) groups is 1. The molecule has 34 heavy (non-hydrogen) atoms. The number of sulfonamides is 1. The molecule has 2 N–H and O–H groups in total. The number of rotatable bonds is 10. The fraction of sp³-hybridized carbons (Fsp3) is 0.409. The molecule has 0 aliphatic heterocycles. The number of hydroxylamine groups is 1. The smallest absolute Gasteiger partial charge is 0.262 e. The molecule has 1 aliphatic carbocycles. The second kappa shape index (κ2) is 10.9. The molecule has 3 rings (SSSR count). The Balaban J connectivity index is 1.87. The van der Waals surface area contributed by atoms with Crippen molar-refractivity contribution in [2.45, 2.75) is 43.7 Å². The molecule has 10 nitrogen and oxygen atoms in total. The average molecular weight is 494 g/mol. The van der Waals surface area contributed by atoms with Crippen LogP contribution in [0.1, 0.15) is 31.9 Å². The lowest BCUT2D eigenvalue weighted by Crippen LogP contribution is -2.52. The number of methoxy groups -OCH3 is 1. The van der Waals surface area contributed by atoms with Gasteiger partial charge in [0.15, 0.2) is 0 Å². The highest BCUT2D eigenvalue weighted by Gasteiger charge is 2.38. The topological polar surface area (TPSA) is 127 Å². The minimum atomic E-state index is -4.13. The Morgan fingerprint density at radius 1 is 1.35 bits per heavy atom. The van der Waals surface area contributed by atoms with Gasteiger partial charge in [-0.2, -0.15) is 4.31 Å². The van der Waals surface area contributed by atoms with E-state index < -0.39 is 27.9 Å². The molecule has 0 saturated heterocycles. The fourth-order valence-corrected chi connectivity index (χ4v) is 5.44. The summed E-state index contributed by atoms with van der Waals surface area (Å²) in [6.07, 6.45) is 6.65. The highest BCUT2D eigenvalue weighted by molar-refractivity contribution is 7.89. The minimum Gasteiger partial charge on any atom is -0.497 e. The number of aromatic nitrogens is 3. The Hall–Kier alpha value is -3.09. The summed E-state index contributed by atoms with van der Waals surface area (Å²) in [5.41, 5.74) is 2.20. The Morgan fingerprint density at radius 2 is 2.06 bits per heavy atom. The largest absolute Gasteiger partial charge is 0.497 e. The summed E-state index contributed by atoms with van der Waals surface area (Å²) in [6.45, 7) is 3.37. The molecule has 2 atom stereocenters. The van der Waals surface area contributed by atoms with Crippen LogP contribution in [0.25, 0.3) is 0 Å². The van der Waals surface area contributed by atoms with E-state index in [0.717, 1.165) is 4.31 Å². The van der Waals surface area contributed by atoms with Gasteiger partial charge in [-0.25, -0.2) is 18.3 Å². The van der Waals surface area contributed by atoms with Crippen molar-refractivity contribution in [2.75, 3.05) is 13.7 Å². The Morgan fingerprint density at radius 3 is 2.62 bits per heavy atom. The van der Waals surface area contributed by atoms with Crippen LogP contribution in [0.2, 0.25) is 0 Å². The lowest BCUT2D eigenvalue weighted by atomic mass is 9.98. The molecule has 0 saturated carbocycles. The van der Waals surface area contributed by atoms with Crippen LogP contribution in [-0.4, -0.2) is 58.5 Å². The van der Waals surface area contributed by atoms with Crippen LogP contribution in [0.5, 0.6) is 5.75 Å². The van der Waals surface area contributed by atoms with Gasteiger partial charge in [0.25, 0.3) is 5.91 Å². The van der Waals surface area contributed by atoms with E-state index in [-0.39, 0.29) is 29.7 Å². The highest BCUT2D eigenvalue weighted by atomic mass is 32.2. The van der Waals surface area contributed by atoms with E-state index in [1.807, 2.05) is 0 Å². The monoisotopic (exact) mass is 493 g/mol. The van der Waals surface area contributed by atoms with Gasteiger partial charge in [0.2, 0.25) is 10.0 Å². The first-order valence-electron chi connectivity index (χ1n) is 10.7. The maximum atomic E-state index is 13.5. The summed E-state index contributed by atoms with van der Waals surface area (Å²) in [5.74, 6) is -1.23. The first-order valence-corrected chi connectivity index (χ1v) is 12.1. The molecule has 1 aliphatic rings. The van der Waals surface area contributed by atoms with Crippen molar-refractivity contribution in [1.29, 1.82) is 0 Å². The van der Waals surface area contributed by atoms with Crippen LogP contribution in [0, 0.1) is 5.92 Å². The third kappa shape index (κ3) is 5.69. The van der Waals surface area contributed by atoms with Crippen LogP contribution in [-0.2, 0) is 21.4 Å². The van der Waals surface area contributed by atoms with E-state index in [1.54, 1.807) is 31.6 Å². The first kappa shape index (κ1) is 25.5. The molecule has 2 aromatic rings. The van der Waals surface area contributed by atoms with E-state index >= 15 is 0 Å². The summed E-state index contributed by atoms with van der Waals surface area (Å²) < 4.78 is 47.9. The molecular weight excluding hydrogens is 465 g/mol. The Kier molecular flexibility index (Phi) is 8.18. The zero-order valence-electron chi connectivity index (χ0n) is 19.1. The number of halogens is 1. The average Bonchev–Trinajstić information content (AvgIpc) is 3.30. The van der Waals surface area contributed by atoms with Crippen molar-refractivity contribution < 1.29 is 27.5 Å². The van der Waals surface area contributed by atoms with Gasteiger partial charge in [-0.3, -0.25) is 14.7 Å². The van der Waals surface area contributed by atoms with Gasteiger partial charge in [0.05, 0.1) is 24.2 Å². The number of carbonyl (C=O) groups excluding carboxylic acids is 1. The van der Waals surface area contributed by atoms with Crippen LogP contribution in [0.4, 0.5) is 4.39 Å². The van der Waals surface area contributed by atoms with Crippen molar-refractivity contribution in [3.05, 3.63) is 60.2 Å². The van der Waals surface area contributed by atoms with Gasteiger partial charge in [0, 0.05) is 18.7 Å². The molecule has 0 radical (unpaired) electrons. The maximum absolute atomic E-state index is 13.5. The summed E-state index contributed by atoms with van der Waals surface area (Å²) in [6, 6.07) is 4.64. The maximum Gasteiger partial charge on any atom is 0.262 e. The molecule has 0 spiro atoms. The zero-order chi connectivity index (χ0) is 24.9. The van der Waals surface area contributed by atoms with Crippen molar-refractivity contribution in [2.24, 2.45) is 5.92 Å². The number of nitrogens with zero attached hydrogens (tertiary/aromatic N) is 4. The lowest BCUT2D eigenvalue weighted by molar-refractivity contribution is -0.134. The first-order chi connectivity index (χ1) is 16.2. The lowest BCUT2D eigenvalue weighted by Gasteiger charge is -2.31. The van der Waals surface area contributed by atoms with Crippen molar-refractivity contribution in [3.63, 3.8) is 0 Å².